The van der Waals surface area contributed by atoms with Gasteiger partial charge in [-0.1, -0.05) is 38.5 Å². The molecule has 0 saturated heterocycles. The van der Waals surface area contributed by atoms with Crippen LogP contribution >= 0.6 is 43.1 Å². The monoisotopic (exact) mass is 912 g/mol. The van der Waals surface area contributed by atoms with E-state index in [1.54, 1.807) is 193 Å². The first-order valence-corrected chi connectivity index (χ1v) is 33.7. The standard InChI is InChI=1S/2C18H33P.C7H6.2BrH.Ru/c2*1-4-10-16(11-5-1)19(17-12-6-2-7-13-17)18-14-8-3-9-15-18;1-7-5-3-2-4-6-7;;;/h2*16-18H,1-15H2;1-6H;2*1H;/q;;;;;+2. The van der Waals surface area contributed by atoms with E-state index in [1.165, 1.54) is 39.5 Å². The molecule has 0 aromatic heterocycles. The van der Waals surface area contributed by atoms with E-state index in [4.69, 9.17) is 0 Å². The van der Waals surface area contributed by atoms with E-state index in [1.807, 2.05) is 18.2 Å². The maximum atomic E-state index is 3.52. The molecule has 6 aliphatic carbocycles. The Morgan fingerprint density at radius 1 is 0.375 bits per heavy atom. The van der Waals surface area contributed by atoms with Gasteiger partial charge in [-0.2, -0.15) is 0 Å². The molecule has 0 aliphatic heterocycles. The van der Waals surface area contributed by atoms with Crippen molar-refractivity contribution in [2.75, 3.05) is 0 Å². The molecule has 1 aromatic carbocycles. The predicted molar refractivity (Wildman–Crippen MR) is 227 cm³/mol. The van der Waals surface area contributed by atoms with Crippen molar-refractivity contribution in [2.45, 2.75) is 227 Å². The minimum absolute atomic E-state index is 0.0465. The maximum absolute atomic E-state index is 3.52. The zero-order valence-corrected chi connectivity index (χ0v) is 37.7. The number of hydrogen-bond donors (Lipinski definition) is 0. The molecule has 5 heteroatoms. The first kappa shape index (κ1) is 40.7. The van der Waals surface area contributed by atoms with Gasteiger partial charge in [0.1, 0.15) is 0 Å². The summed E-state index contributed by atoms with van der Waals surface area (Å²) in [6.45, 7) is 0. The molecule has 0 spiro atoms. The van der Waals surface area contributed by atoms with Gasteiger partial charge in [0, 0.05) is 15.8 Å². The summed E-state index contributed by atoms with van der Waals surface area (Å²) in [7, 11) is -0.0930. The zero-order valence-electron chi connectivity index (χ0n) is 30.8. The summed E-state index contributed by atoms with van der Waals surface area (Å²) < 4.78 is 2.23. The fourth-order valence-corrected chi connectivity index (χ4v) is 24.7. The van der Waals surface area contributed by atoms with Gasteiger partial charge in [-0.05, 0) is 154 Å². The topological polar surface area (TPSA) is 0 Å². The van der Waals surface area contributed by atoms with Gasteiger partial charge < -0.3 is 0 Å². The van der Waals surface area contributed by atoms with E-state index >= 15 is 0 Å². The first-order valence-electron chi connectivity index (χ1n) is 21.3. The quantitative estimate of drug-likeness (QED) is 0.189. The Bertz CT molecular complexity index is 840. The third kappa shape index (κ3) is 14.1. The molecular weight excluding hydrogens is 839 g/mol. The van der Waals surface area contributed by atoms with E-state index in [0.717, 1.165) is 0 Å². The molecule has 48 heavy (non-hydrogen) atoms. The van der Waals surface area contributed by atoms with Crippen molar-refractivity contribution in [3.05, 3.63) is 35.9 Å². The Morgan fingerprint density at radius 2 is 0.604 bits per heavy atom. The molecule has 0 radical (unpaired) electrons. The second-order valence-corrected chi connectivity index (χ2v) is 36.7. The van der Waals surface area contributed by atoms with E-state index < -0.39 is 11.6 Å². The summed E-state index contributed by atoms with van der Waals surface area (Å²) in [5, 5.41) is 0. The Balaban J connectivity index is 0.000000148. The molecule has 0 N–H and O–H groups in total. The van der Waals surface area contributed by atoms with Gasteiger partial charge in [0.15, 0.2) is 0 Å². The molecular formula is C43H74Br2P2Ru+2. The van der Waals surface area contributed by atoms with Crippen LogP contribution in [0.25, 0.3) is 0 Å². The van der Waals surface area contributed by atoms with Crippen LogP contribution in [-0.4, -0.2) is 38.6 Å². The molecule has 6 aliphatic rings. The summed E-state index contributed by atoms with van der Waals surface area (Å²) >= 11 is 6.10. The summed E-state index contributed by atoms with van der Waals surface area (Å²) in [6.07, 6.45) is 47.6. The average Bonchev–Trinajstić information content (AvgIpc) is 3.15. The molecule has 0 amide bonds. The third-order valence-electron chi connectivity index (χ3n) is 13.5. The summed E-state index contributed by atoms with van der Waals surface area (Å²) in [6, 6.07) is 10.3. The molecule has 6 saturated carbocycles. The van der Waals surface area contributed by atoms with Gasteiger partial charge in [0.2, 0.25) is 0 Å². The minimum atomic E-state index is -0.934. The van der Waals surface area contributed by atoms with Crippen molar-refractivity contribution < 1.29 is 11.6 Å². The van der Waals surface area contributed by atoms with Crippen LogP contribution in [-0.2, 0) is 11.6 Å². The predicted octanol–water partition coefficient (Wildman–Crippen LogP) is 15.5. The molecule has 276 valence electrons. The van der Waals surface area contributed by atoms with E-state index in [0.29, 0.717) is 0 Å². The van der Waals surface area contributed by atoms with Crippen LogP contribution in [0.1, 0.15) is 198 Å². The van der Waals surface area contributed by atoms with Gasteiger partial charge in [0.05, 0.1) is 34.0 Å². The van der Waals surface area contributed by atoms with Crippen molar-refractivity contribution in [2.24, 2.45) is 0 Å². The van der Waals surface area contributed by atoms with E-state index in [2.05, 4.69) is 44.0 Å². The summed E-state index contributed by atoms with van der Waals surface area (Å²) in [5.41, 5.74) is 8.65. The molecule has 0 unspecified atom stereocenters. The fourth-order valence-electron chi connectivity index (χ4n) is 11.2. The molecule has 1 aromatic rings. The summed E-state index contributed by atoms with van der Waals surface area (Å²) in [5.74, 6) is 0. The van der Waals surface area contributed by atoms with Crippen LogP contribution in [0.5, 0.6) is 0 Å². The molecule has 0 atom stereocenters. The third-order valence-corrected chi connectivity index (χ3v) is 25.4. The van der Waals surface area contributed by atoms with Crippen LogP contribution in [0.4, 0.5) is 0 Å². The van der Waals surface area contributed by atoms with Gasteiger partial charge in [0.25, 0.3) is 0 Å². The summed E-state index contributed by atoms with van der Waals surface area (Å²) in [4.78, 5) is 0. The Labute approximate surface area is 319 Å². The number of halogens is 2. The molecule has 0 heterocycles. The van der Waals surface area contributed by atoms with Gasteiger partial charge in [-0.3, -0.25) is 0 Å². The second-order valence-electron chi connectivity index (χ2n) is 16.7. The molecule has 7 rings (SSSR count). The van der Waals surface area contributed by atoms with Crippen LogP contribution < -0.4 is 0 Å². The Hall–Kier alpha value is 1.53. The van der Waals surface area contributed by atoms with Crippen LogP contribution in [0, 0.1) is 0 Å². The SMILES string of the molecule is C1CCC([PH+](C2CCCCC2)C2CCCCC2)CC1.C1CCC([PH+](C2CCCCC2)C2CCCCC2)CC1.[Br][Ru]([Br])=[CH]c1ccccc1. The van der Waals surface area contributed by atoms with Gasteiger partial charge in [-0.15, -0.1) is 0 Å². The molecule has 6 fully saturated rings. The van der Waals surface area contributed by atoms with Gasteiger partial charge in [-0.25, -0.2) is 0 Å². The van der Waals surface area contributed by atoms with Crippen LogP contribution in [0.3, 0.4) is 0 Å². The average molecular weight is 914 g/mol. The van der Waals surface area contributed by atoms with Gasteiger partial charge >= 0.3 is 79.3 Å². The number of benzene rings is 1. The van der Waals surface area contributed by atoms with Crippen LogP contribution in [0.15, 0.2) is 30.3 Å². The first-order chi connectivity index (χ1) is 23.7. The number of rotatable bonds is 7. The van der Waals surface area contributed by atoms with Crippen molar-refractivity contribution in [3.63, 3.8) is 0 Å². The number of hydrogen-bond acceptors (Lipinski definition) is 0. The Kier molecular flexibility index (Phi) is 20.4. The van der Waals surface area contributed by atoms with Crippen molar-refractivity contribution in [1.82, 2.24) is 0 Å². The molecule has 0 bridgehead atoms. The normalized spacial score (nSPS) is 25.1. The van der Waals surface area contributed by atoms with E-state index in [9.17, 15) is 0 Å². The van der Waals surface area contributed by atoms with E-state index in [-0.39, 0.29) is 15.8 Å². The van der Waals surface area contributed by atoms with Crippen LogP contribution in [0.2, 0.25) is 0 Å². The Morgan fingerprint density at radius 3 is 0.812 bits per heavy atom. The van der Waals surface area contributed by atoms with Crippen molar-refractivity contribution in [3.8, 4) is 0 Å². The van der Waals surface area contributed by atoms with Crippen molar-refractivity contribution in [1.29, 1.82) is 0 Å². The zero-order chi connectivity index (χ0) is 33.2. The second kappa shape index (κ2) is 24.0. The van der Waals surface area contributed by atoms with Crippen molar-refractivity contribution >= 4 is 47.7 Å². The molecule has 0 nitrogen and oxygen atoms in total. The fraction of sp³-hybridized carbons (Fsp3) is 0.837.